The second-order valence-corrected chi connectivity index (χ2v) is 6.56. The lowest BCUT2D eigenvalue weighted by Crippen LogP contribution is -2.25. The zero-order valence-electron chi connectivity index (χ0n) is 12.8. The molecule has 3 rings (SSSR count). The van der Waals surface area contributed by atoms with Crippen molar-refractivity contribution in [2.45, 2.75) is 18.1 Å². The summed E-state index contributed by atoms with van der Waals surface area (Å²) >= 11 is 1.03. The lowest BCUT2D eigenvalue weighted by Gasteiger charge is -2.07. The van der Waals surface area contributed by atoms with Crippen molar-refractivity contribution in [3.8, 4) is 0 Å². The van der Waals surface area contributed by atoms with Gasteiger partial charge in [-0.15, -0.1) is 0 Å². The number of nitrogens with one attached hydrogen (secondary N) is 2. The molecule has 1 aromatic heterocycles. The van der Waals surface area contributed by atoms with Crippen LogP contribution in [-0.2, 0) is 17.6 Å². The second-order valence-electron chi connectivity index (χ2n) is 5.39. The molecule has 6 nitrogen and oxygen atoms in total. The van der Waals surface area contributed by atoms with Crippen LogP contribution < -0.4 is 10.6 Å². The van der Waals surface area contributed by atoms with Crippen molar-refractivity contribution in [1.82, 2.24) is 10.6 Å². The number of rotatable bonds is 6. The van der Waals surface area contributed by atoms with Crippen molar-refractivity contribution in [2.75, 3.05) is 6.54 Å². The van der Waals surface area contributed by atoms with Crippen LogP contribution in [0.4, 0.5) is 4.79 Å². The minimum Gasteiger partial charge on any atom is -0.459 e. The number of thioether (sulfide) groups is 1. The van der Waals surface area contributed by atoms with E-state index in [1.807, 2.05) is 24.3 Å². The molecular formula is C17H16N2O4S. The fraction of sp³-hybridized carbons (Fsp3) is 0.235. The summed E-state index contributed by atoms with van der Waals surface area (Å²) in [5.74, 6) is -0.160. The Labute approximate surface area is 143 Å². The lowest BCUT2D eigenvalue weighted by atomic mass is 10.1. The zero-order valence-corrected chi connectivity index (χ0v) is 13.6. The van der Waals surface area contributed by atoms with E-state index >= 15 is 0 Å². The van der Waals surface area contributed by atoms with Gasteiger partial charge in [-0.25, -0.2) is 0 Å². The van der Waals surface area contributed by atoms with Crippen LogP contribution in [0.15, 0.2) is 47.1 Å². The average molecular weight is 344 g/mol. The molecule has 0 spiro atoms. The number of hydrogen-bond acceptors (Lipinski definition) is 5. The van der Waals surface area contributed by atoms with Gasteiger partial charge in [0.15, 0.2) is 5.76 Å². The molecule has 2 aromatic rings. The first-order valence-electron chi connectivity index (χ1n) is 7.53. The summed E-state index contributed by atoms with van der Waals surface area (Å²) in [5, 5.41) is 4.44. The molecule has 1 unspecified atom stereocenters. The van der Waals surface area contributed by atoms with Crippen LogP contribution >= 0.6 is 11.8 Å². The number of furan rings is 1. The van der Waals surface area contributed by atoms with Crippen molar-refractivity contribution in [2.24, 2.45) is 0 Å². The van der Waals surface area contributed by atoms with E-state index in [2.05, 4.69) is 10.6 Å². The van der Waals surface area contributed by atoms with Gasteiger partial charge in [-0.3, -0.25) is 19.7 Å². The van der Waals surface area contributed by atoms with Crippen molar-refractivity contribution < 1.29 is 18.8 Å². The number of amides is 3. The number of hydrogen-bond donors (Lipinski definition) is 2. The average Bonchev–Trinajstić information content (AvgIpc) is 3.19. The molecule has 2 heterocycles. The Morgan fingerprint density at radius 1 is 1.17 bits per heavy atom. The van der Waals surface area contributed by atoms with E-state index < -0.39 is 0 Å². The van der Waals surface area contributed by atoms with Gasteiger partial charge < -0.3 is 9.73 Å². The van der Waals surface area contributed by atoms with Gasteiger partial charge in [0.25, 0.3) is 11.1 Å². The highest BCUT2D eigenvalue weighted by molar-refractivity contribution is 8.15. The third-order valence-electron chi connectivity index (χ3n) is 3.66. The van der Waals surface area contributed by atoms with E-state index in [1.165, 1.54) is 6.26 Å². The maximum atomic E-state index is 11.7. The number of carbonyl (C=O) groups excluding carboxylic acids is 3. The summed E-state index contributed by atoms with van der Waals surface area (Å²) in [4.78, 5) is 34.4. The van der Waals surface area contributed by atoms with E-state index in [-0.39, 0.29) is 22.3 Å². The number of imide groups is 1. The van der Waals surface area contributed by atoms with Crippen LogP contribution in [0.1, 0.15) is 21.7 Å². The molecule has 0 radical (unpaired) electrons. The first-order valence-corrected chi connectivity index (χ1v) is 8.41. The van der Waals surface area contributed by atoms with E-state index in [0.29, 0.717) is 25.1 Å². The minimum atomic E-state index is -0.351. The van der Waals surface area contributed by atoms with Crippen molar-refractivity contribution in [1.29, 1.82) is 0 Å². The fourth-order valence-corrected chi connectivity index (χ4v) is 3.26. The Bertz CT molecular complexity index is 740. The fourth-order valence-electron chi connectivity index (χ4n) is 2.40. The number of benzene rings is 1. The maximum absolute atomic E-state index is 11.7. The molecular weight excluding hydrogens is 328 g/mol. The molecule has 7 heteroatoms. The van der Waals surface area contributed by atoms with Gasteiger partial charge in [0.1, 0.15) is 0 Å². The van der Waals surface area contributed by atoms with E-state index in [9.17, 15) is 14.4 Å². The molecule has 124 valence electrons. The first-order chi connectivity index (χ1) is 11.6. The summed E-state index contributed by atoms with van der Waals surface area (Å²) in [5.41, 5.74) is 2.08. The Balaban J connectivity index is 1.47. The minimum absolute atomic E-state index is 0.227. The molecule has 0 saturated carbocycles. The van der Waals surface area contributed by atoms with Gasteiger partial charge in [-0.1, -0.05) is 36.0 Å². The third-order valence-corrected chi connectivity index (χ3v) is 4.64. The predicted octanol–water partition coefficient (Wildman–Crippen LogP) is 2.15. The highest BCUT2D eigenvalue weighted by atomic mass is 32.2. The van der Waals surface area contributed by atoms with Gasteiger partial charge >= 0.3 is 0 Å². The Hall–Kier alpha value is -2.54. The first kappa shape index (κ1) is 16.3. The number of carbonyl (C=O) groups is 3. The largest absolute Gasteiger partial charge is 0.459 e. The highest BCUT2D eigenvalue weighted by Gasteiger charge is 2.31. The normalized spacial score (nSPS) is 16.9. The summed E-state index contributed by atoms with van der Waals surface area (Å²) in [6.45, 7) is 0.508. The highest BCUT2D eigenvalue weighted by Crippen LogP contribution is 2.23. The molecule has 1 aliphatic rings. The molecule has 1 aromatic carbocycles. The standard InChI is InChI=1S/C17H16N2O4S/c20-15(13-2-1-9-23-13)18-8-7-11-3-5-12(6-4-11)10-14-16(21)19-17(22)24-14/h1-6,9,14H,7-8,10H2,(H,18,20)(H,19,21,22). The van der Waals surface area contributed by atoms with E-state index in [4.69, 9.17) is 4.42 Å². The SMILES string of the molecule is O=C1NC(=O)C(Cc2ccc(CCNC(=O)c3ccco3)cc2)S1. The Kier molecular flexibility index (Phi) is 5.00. The molecule has 0 aliphatic carbocycles. The summed E-state index contributed by atoms with van der Waals surface area (Å²) in [6.07, 6.45) is 2.69. The molecule has 2 N–H and O–H groups in total. The molecule has 3 amide bonds. The molecule has 1 atom stereocenters. The third kappa shape index (κ3) is 4.05. The predicted molar refractivity (Wildman–Crippen MR) is 89.8 cm³/mol. The van der Waals surface area contributed by atoms with Crippen LogP contribution in [0, 0.1) is 0 Å². The molecule has 1 saturated heterocycles. The summed E-state index contributed by atoms with van der Waals surface area (Å²) in [6, 6.07) is 11.1. The van der Waals surface area contributed by atoms with Crippen LogP contribution in [-0.4, -0.2) is 28.8 Å². The van der Waals surface area contributed by atoms with Gasteiger partial charge in [-0.05, 0) is 36.1 Å². The van der Waals surface area contributed by atoms with Crippen LogP contribution in [0.5, 0.6) is 0 Å². The smallest absolute Gasteiger partial charge is 0.286 e. The van der Waals surface area contributed by atoms with E-state index in [1.54, 1.807) is 12.1 Å². The maximum Gasteiger partial charge on any atom is 0.286 e. The quantitative estimate of drug-likeness (QED) is 0.838. The molecule has 1 fully saturated rings. The lowest BCUT2D eigenvalue weighted by molar-refractivity contribution is -0.118. The van der Waals surface area contributed by atoms with Crippen LogP contribution in [0.3, 0.4) is 0 Å². The van der Waals surface area contributed by atoms with Gasteiger partial charge in [0.05, 0.1) is 11.5 Å². The summed E-state index contributed by atoms with van der Waals surface area (Å²) in [7, 11) is 0. The molecule has 1 aliphatic heterocycles. The van der Waals surface area contributed by atoms with Gasteiger partial charge in [0, 0.05) is 6.54 Å². The zero-order chi connectivity index (χ0) is 16.9. The van der Waals surface area contributed by atoms with Gasteiger partial charge in [-0.2, -0.15) is 0 Å². The van der Waals surface area contributed by atoms with Crippen molar-refractivity contribution in [3.63, 3.8) is 0 Å². The van der Waals surface area contributed by atoms with Crippen molar-refractivity contribution in [3.05, 3.63) is 59.5 Å². The van der Waals surface area contributed by atoms with Gasteiger partial charge in [0.2, 0.25) is 5.91 Å². The van der Waals surface area contributed by atoms with Crippen LogP contribution in [0.25, 0.3) is 0 Å². The monoisotopic (exact) mass is 344 g/mol. The summed E-state index contributed by atoms with van der Waals surface area (Å²) < 4.78 is 5.02. The molecule has 24 heavy (non-hydrogen) atoms. The second kappa shape index (κ2) is 7.35. The Morgan fingerprint density at radius 3 is 2.54 bits per heavy atom. The van der Waals surface area contributed by atoms with Crippen molar-refractivity contribution >= 4 is 28.8 Å². The molecule has 0 bridgehead atoms. The topological polar surface area (TPSA) is 88.4 Å². The van der Waals surface area contributed by atoms with Crippen LogP contribution in [0.2, 0.25) is 0 Å². The Morgan fingerprint density at radius 2 is 1.92 bits per heavy atom. The van der Waals surface area contributed by atoms with E-state index in [0.717, 1.165) is 22.9 Å².